The fraction of sp³-hybridized carbons (Fsp3) is 0.611. The molecule has 0 saturated heterocycles. The summed E-state index contributed by atoms with van der Waals surface area (Å²) in [6.45, 7) is 12.1. The first-order chi connectivity index (χ1) is 11.9. The van der Waals surface area contributed by atoms with Crippen molar-refractivity contribution in [1.82, 2.24) is 0 Å². The fourth-order valence-corrected chi connectivity index (χ4v) is 4.00. The van der Waals surface area contributed by atoms with E-state index in [9.17, 15) is 9.36 Å². The second-order valence-corrected chi connectivity index (χ2v) is 9.03. The number of amides is 1. The highest BCUT2D eigenvalue weighted by atomic mass is 31.2. The van der Waals surface area contributed by atoms with Gasteiger partial charge in [0.1, 0.15) is 11.4 Å². The normalized spacial score (nSPS) is 12.4. The van der Waals surface area contributed by atoms with Crippen LogP contribution in [0.1, 0.15) is 48.5 Å². The van der Waals surface area contributed by atoms with Gasteiger partial charge in [0.2, 0.25) is 0 Å². The summed E-state index contributed by atoms with van der Waals surface area (Å²) in [6.07, 6.45) is -1.69. The van der Waals surface area contributed by atoms with Crippen molar-refractivity contribution in [2.24, 2.45) is 0 Å². The van der Waals surface area contributed by atoms with Crippen LogP contribution in [-0.4, -0.2) is 31.0 Å². The molecule has 1 aromatic rings. The molecular formula is C18H30NO6P. The van der Waals surface area contributed by atoms with E-state index in [1.54, 1.807) is 72.7 Å². The van der Waals surface area contributed by atoms with Crippen LogP contribution in [0.25, 0.3) is 0 Å². The van der Waals surface area contributed by atoms with Gasteiger partial charge >= 0.3 is 13.8 Å². The van der Waals surface area contributed by atoms with Crippen molar-refractivity contribution in [1.29, 1.82) is 0 Å². The maximum atomic E-state index is 13.6. The number of hydrogen-bond donors (Lipinski definition) is 0. The summed E-state index contributed by atoms with van der Waals surface area (Å²) in [4.78, 5) is 12.9. The van der Waals surface area contributed by atoms with Crippen LogP contribution in [0.5, 0.6) is 5.75 Å². The van der Waals surface area contributed by atoms with E-state index in [0.717, 1.165) is 4.67 Å². The highest BCUT2D eigenvalue weighted by molar-refractivity contribution is 7.56. The number of methoxy groups -OCH3 is 1. The predicted octanol–water partition coefficient (Wildman–Crippen LogP) is 5.39. The molecule has 1 amide bonds. The van der Waals surface area contributed by atoms with Crippen molar-refractivity contribution in [2.45, 2.75) is 66.3 Å². The summed E-state index contributed by atoms with van der Waals surface area (Å²) < 4.78 is 36.4. The summed E-state index contributed by atoms with van der Waals surface area (Å²) in [5.41, 5.74) is -0.488. The number of ether oxygens (including phenoxy) is 2. The average molecular weight is 387 g/mol. The summed E-state index contributed by atoms with van der Waals surface area (Å²) in [5.74, 6) is 0.497. The topological polar surface area (TPSA) is 74.3 Å². The van der Waals surface area contributed by atoms with Gasteiger partial charge < -0.3 is 9.47 Å². The quantitative estimate of drug-likeness (QED) is 0.584. The van der Waals surface area contributed by atoms with Gasteiger partial charge in [-0.3, -0.25) is 9.05 Å². The van der Waals surface area contributed by atoms with Crippen LogP contribution in [0.4, 0.5) is 10.5 Å². The second-order valence-electron chi connectivity index (χ2n) is 7.27. The Bertz CT molecular complexity index is 639. The molecule has 0 spiro atoms. The maximum absolute atomic E-state index is 13.6. The van der Waals surface area contributed by atoms with Gasteiger partial charge in [-0.25, -0.2) is 9.36 Å². The Morgan fingerprint density at radius 2 is 1.62 bits per heavy atom. The van der Waals surface area contributed by atoms with Crippen molar-refractivity contribution in [3.8, 4) is 5.75 Å². The Morgan fingerprint density at radius 3 is 2.04 bits per heavy atom. The van der Waals surface area contributed by atoms with Crippen molar-refractivity contribution >= 4 is 19.5 Å². The summed E-state index contributed by atoms with van der Waals surface area (Å²) in [6, 6.07) is 6.59. The van der Waals surface area contributed by atoms with Crippen molar-refractivity contribution in [2.75, 3.05) is 11.8 Å². The van der Waals surface area contributed by atoms with Crippen LogP contribution in [0, 0.1) is 0 Å². The minimum absolute atomic E-state index is 0.295. The van der Waals surface area contributed by atoms with Gasteiger partial charge in [0.05, 0.1) is 25.0 Å². The van der Waals surface area contributed by atoms with Crippen LogP contribution in [0.15, 0.2) is 24.3 Å². The predicted molar refractivity (Wildman–Crippen MR) is 102 cm³/mol. The van der Waals surface area contributed by atoms with Crippen LogP contribution >= 0.6 is 7.75 Å². The molecule has 0 aliphatic carbocycles. The minimum Gasteiger partial charge on any atom is -0.497 e. The largest absolute Gasteiger partial charge is 0.497 e. The number of carbonyl (C=O) groups excluding carboxylic acids is 1. The van der Waals surface area contributed by atoms with Gasteiger partial charge in [-0.15, -0.1) is 0 Å². The van der Waals surface area contributed by atoms with E-state index in [2.05, 4.69) is 0 Å². The monoisotopic (exact) mass is 387 g/mol. The molecule has 0 bridgehead atoms. The number of hydrogen-bond acceptors (Lipinski definition) is 6. The zero-order chi connectivity index (χ0) is 20.1. The molecule has 1 aromatic carbocycles. The zero-order valence-electron chi connectivity index (χ0n) is 16.8. The van der Waals surface area contributed by atoms with Crippen molar-refractivity contribution in [3.05, 3.63) is 24.3 Å². The smallest absolute Gasteiger partial charge is 0.445 e. The average Bonchev–Trinajstić information content (AvgIpc) is 2.43. The number of anilines is 1. The Morgan fingerprint density at radius 1 is 1.08 bits per heavy atom. The van der Waals surface area contributed by atoms with Gasteiger partial charge in [0.25, 0.3) is 0 Å². The number of benzene rings is 1. The zero-order valence-corrected chi connectivity index (χ0v) is 17.7. The molecule has 0 heterocycles. The van der Waals surface area contributed by atoms with Crippen LogP contribution < -0.4 is 9.41 Å². The van der Waals surface area contributed by atoms with Crippen LogP contribution in [0.3, 0.4) is 0 Å². The van der Waals surface area contributed by atoms with E-state index in [1.165, 1.54) is 7.11 Å². The van der Waals surface area contributed by atoms with Gasteiger partial charge in [0, 0.05) is 6.07 Å². The van der Waals surface area contributed by atoms with E-state index in [4.69, 9.17) is 18.5 Å². The number of nitrogens with zero attached hydrogens (tertiary/aromatic N) is 1. The summed E-state index contributed by atoms with van der Waals surface area (Å²) in [5, 5.41) is 0. The summed E-state index contributed by atoms with van der Waals surface area (Å²) >= 11 is 0. The molecule has 26 heavy (non-hydrogen) atoms. The van der Waals surface area contributed by atoms with E-state index in [1.807, 2.05) is 0 Å². The highest BCUT2D eigenvalue weighted by Gasteiger charge is 2.43. The van der Waals surface area contributed by atoms with Crippen LogP contribution in [-0.2, 0) is 18.3 Å². The Kier molecular flexibility index (Phi) is 7.69. The van der Waals surface area contributed by atoms with Crippen molar-refractivity contribution < 1.29 is 27.9 Å². The molecule has 0 aliphatic heterocycles. The number of carbonyl (C=O) groups is 1. The lowest BCUT2D eigenvalue weighted by atomic mass is 10.2. The first-order valence-corrected chi connectivity index (χ1v) is 10.0. The SMILES string of the molecule is COc1cccc(N(C(=O)OC(C)(C)C)P(=O)(OC(C)C)OC(C)C)c1. The lowest BCUT2D eigenvalue weighted by Gasteiger charge is -2.33. The second kappa shape index (κ2) is 8.89. The van der Waals surface area contributed by atoms with Gasteiger partial charge in [-0.2, -0.15) is 4.67 Å². The lowest BCUT2D eigenvalue weighted by Crippen LogP contribution is -2.37. The first-order valence-electron chi connectivity index (χ1n) is 8.52. The molecule has 0 fully saturated rings. The third kappa shape index (κ3) is 6.63. The molecule has 0 N–H and O–H groups in total. The lowest BCUT2D eigenvalue weighted by molar-refractivity contribution is 0.0580. The minimum atomic E-state index is -4.03. The van der Waals surface area contributed by atoms with E-state index < -0.39 is 31.6 Å². The molecule has 1 rings (SSSR count). The van der Waals surface area contributed by atoms with Crippen LogP contribution in [0.2, 0.25) is 0 Å². The summed E-state index contributed by atoms with van der Waals surface area (Å²) in [7, 11) is -2.53. The Labute approximate surface area is 156 Å². The van der Waals surface area contributed by atoms with Gasteiger partial charge in [-0.05, 0) is 60.6 Å². The van der Waals surface area contributed by atoms with Crippen molar-refractivity contribution in [3.63, 3.8) is 0 Å². The molecule has 0 radical (unpaired) electrons. The third-order valence-electron chi connectivity index (χ3n) is 2.80. The van der Waals surface area contributed by atoms with E-state index in [0.29, 0.717) is 11.4 Å². The Hall–Kier alpha value is -1.56. The van der Waals surface area contributed by atoms with E-state index in [-0.39, 0.29) is 0 Å². The molecule has 0 atom stereocenters. The highest BCUT2D eigenvalue weighted by Crippen LogP contribution is 2.56. The molecule has 0 aromatic heterocycles. The maximum Gasteiger partial charge on any atom is 0.445 e. The Balaban J connectivity index is 3.49. The molecule has 0 aliphatic rings. The molecule has 0 unspecified atom stereocenters. The fourth-order valence-electron chi connectivity index (χ4n) is 2.05. The first kappa shape index (κ1) is 22.5. The van der Waals surface area contributed by atoms with Gasteiger partial charge in [-0.1, -0.05) is 6.07 Å². The van der Waals surface area contributed by atoms with Gasteiger partial charge in [0.15, 0.2) is 0 Å². The molecule has 148 valence electrons. The standard InChI is InChI=1S/C18H30NO6P/c1-13(2)24-26(21,25-14(3)4)19(17(20)23-18(5,6)7)15-10-9-11-16(12-15)22-8/h9-14H,1-8H3. The molecule has 8 heteroatoms. The number of rotatable bonds is 7. The molecular weight excluding hydrogens is 357 g/mol. The third-order valence-corrected chi connectivity index (χ3v) is 5.06. The van der Waals surface area contributed by atoms with E-state index >= 15 is 0 Å². The molecule has 7 nitrogen and oxygen atoms in total. The molecule has 0 saturated carbocycles.